The Morgan fingerprint density at radius 2 is 1.78 bits per heavy atom. The van der Waals surface area contributed by atoms with E-state index >= 15 is 0 Å². The molecule has 0 bridgehead atoms. The number of nitrogens with one attached hydrogen (secondary N) is 1. The summed E-state index contributed by atoms with van der Waals surface area (Å²) in [4.78, 5) is 8.11. The quantitative estimate of drug-likeness (QED) is 0.602. The van der Waals surface area contributed by atoms with Gasteiger partial charge in [-0.15, -0.1) is 0 Å². The van der Waals surface area contributed by atoms with Gasteiger partial charge in [-0.25, -0.2) is 8.78 Å². The number of aromatic nitrogens is 2. The third-order valence-corrected chi connectivity index (χ3v) is 3.26. The standard InChI is InChI=1S/C15H9F2N3O3/c16-8-4-9(17)13-11(5-8)19-15(23-13)20-14-18-10-3-7(6-21)1-2-12(10)22-14/h1-5,21H,6H2,(H,18,19,20). The molecule has 2 heterocycles. The average Bonchev–Trinajstić information content (AvgIpc) is 3.09. The van der Waals surface area contributed by atoms with Crippen molar-refractivity contribution in [3.63, 3.8) is 0 Å². The molecule has 0 spiro atoms. The summed E-state index contributed by atoms with van der Waals surface area (Å²) in [7, 11) is 0. The van der Waals surface area contributed by atoms with Gasteiger partial charge in [0.25, 0.3) is 0 Å². The first-order chi connectivity index (χ1) is 11.1. The van der Waals surface area contributed by atoms with Crippen molar-refractivity contribution < 1.29 is 22.7 Å². The Balaban J connectivity index is 1.71. The number of benzene rings is 2. The largest absolute Gasteiger partial charge is 0.423 e. The maximum atomic E-state index is 13.6. The summed E-state index contributed by atoms with van der Waals surface area (Å²) in [5.74, 6) is -1.58. The van der Waals surface area contributed by atoms with Crippen LogP contribution in [0.4, 0.5) is 20.8 Å². The average molecular weight is 317 g/mol. The van der Waals surface area contributed by atoms with Gasteiger partial charge in [0.15, 0.2) is 17.0 Å². The summed E-state index contributed by atoms with van der Waals surface area (Å²) < 4.78 is 37.4. The fourth-order valence-electron chi connectivity index (χ4n) is 2.23. The van der Waals surface area contributed by atoms with Gasteiger partial charge < -0.3 is 13.9 Å². The Kier molecular flexibility index (Phi) is 2.98. The number of nitrogens with zero attached hydrogens (tertiary/aromatic N) is 2. The lowest BCUT2D eigenvalue weighted by Crippen LogP contribution is -1.89. The second-order valence-corrected chi connectivity index (χ2v) is 4.86. The molecule has 6 nitrogen and oxygen atoms in total. The highest BCUT2D eigenvalue weighted by atomic mass is 19.1. The van der Waals surface area contributed by atoms with Crippen LogP contribution in [0.25, 0.3) is 22.2 Å². The van der Waals surface area contributed by atoms with Crippen LogP contribution in [0.15, 0.2) is 39.2 Å². The number of aliphatic hydroxyl groups excluding tert-OH is 1. The lowest BCUT2D eigenvalue weighted by Gasteiger charge is -1.92. The third kappa shape index (κ3) is 2.38. The van der Waals surface area contributed by atoms with E-state index in [0.29, 0.717) is 22.7 Å². The molecule has 2 aromatic carbocycles. The minimum Gasteiger partial charge on any atom is -0.423 e. The topological polar surface area (TPSA) is 84.3 Å². The normalized spacial score (nSPS) is 11.4. The van der Waals surface area contributed by atoms with Crippen molar-refractivity contribution in [3.8, 4) is 0 Å². The van der Waals surface area contributed by atoms with Crippen molar-refractivity contribution in [1.29, 1.82) is 0 Å². The van der Waals surface area contributed by atoms with Gasteiger partial charge in [-0.3, -0.25) is 5.32 Å². The van der Waals surface area contributed by atoms with Crippen LogP contribution in [0.1, 0.15) is 5.56 Å². The molecule has 0 saturated carbocycles. The highest BCUT2D eigenvalue weighted by Gasteiger charge is 2.14. The first-order valence-corrected chi connectivity index (χ1v) is 6.65. The van der Waals surface area contributed by atoms with Crippen molar-refractivity contribution >= 4 is 34.2 Å². The van der Waals surface area contributed by atoms with Gasteiger partial charge in [-0.05, 0) is 17.7 Å². The first-order valence-electron chi connectivity index (χ1n) is 6.65. The summed E-state index contributed by atoms with van der Waals surface area (Å²) in [5, 5.41) is 11.8. The van der Waals surface area contributed by atoms with E-state index in [9.17, 15) is 8.78 Å². The van der Waals surface area contributed by atoms with Gasteiger partial charge in [-0.2, -0.15) is 9.97 Å². The molecule has 2 aromatic heterocycles. The van der Waals surface area contributed by atoms with Crippen LogP contribution in [0.5, 0.6) is 0 Å². The second kappa shape index (κ2) is 5.03. The Morgan fingerprint density at radius 1 is 1.00 bits per heavy atom. The second-order valence-electron chi connectivity index (χ2n) is 4.86. The molecule has 0 aliphatic carbocycles. The first kappa shape index (κ1) is 13.6. The lowest BCUT2D eigenvalue weighted by molar-refractivity contribution is 0.282. The number of oxazole rings is 2. The Morgan fingerprint density at radius 3 is 2.61 bits per heavy atom. The van der Waals surface area contributed by atoms with Crippen LogP contribution >= 0.6 is 0 Å². The van der Waals surface area contributed by atoms with Crippen LogP contribution in [-0.4, -0.2) is 15.1 Å². The molecule has 0 radical (unpaired) electrons. The molecule has 0 unspecified atom stereocenters. The molecule has 0 atom stereocenters. The van der Waals surface area contributed by atoms with Crippen molar-refractivity contribution in [1.82, 2.24) is 9.97 Å². The van der Waals surface area contributed by atoms with Crippen molar-refractivity contribution in [2.45, 2.75) is 6.61 Å². The lowest BCUT2D eigenvalue weighted by atomic mass is 10.2. The molecule has 116 valence electrons. The summed E-state index contributed by atoms with van der Waals surface area (Å²) in [6.07, 6.45) is 0. The van der Waals surface area contributed by atoms with E-state index in [1.54, 1.807) is 18.2 Å². The van der Waals surface area contributed by atoms with Gasteiger partial charge in [0.1, 0.15) is 16.9 Å². The van der Waals surface area contributed by atoms with Crippen LogP contribution in [0.2, 0.25) is 0 Å². The molecular weight excluding hydrogens is 308 g/mol. The zero-order chi connectivity index (χ0) is 16.0. The third-order valence-electron chi connectivity index (χ3n) is 3.26. The molecule has 8 heteroatoms. The number of fused-ring (bicyclic) bond motifs is 2. The number of hydrogen-bond acceptors (Lipinski definition) is 6. The number of rotatable bonds is 3. The number of aliphatic hydroxyl groups is 1. The zero-order valence-electron chi connectivity index (χ0n) is 11.5. The summed E-state index contributed by atoms with van der Waals surface area (Å²) in [6, 6.07) is 6.83. The summed E-state index contributed by atoms with van der Waals surface area (Å²) in [5.41, 5.74) is 1.61. The summed E-state index contributed by atoms with van der Waals surface area (Å²) >= 11 is 0. The number of anilines is 2. The molecule has 0 aliphatic rings. The molecule has 0 amide bonds. The van der Waals surface area contributed by atoms with Crippen molar-refractivity contribution in [2.24, 2.45) is 0 Å². The van der Waals surface area contributed by atoms with Crippen LogP contribution in [0.3, 0.4) is 0 Å². The maximum Gasteiger partial charge on any atom is 0.304 e. The van der Waals surface area contributed by atoms with Crippen molar-refractivity contribution in [3.05, 3.63) is 47.5 Å². The van der Waals surface area contributed by atoms with Gasteiger partial charge >= 0.3 is 12.0 Å². The minimum atomic E-state index is -0.842. The van der Waals surface area contributed by atoms with E-state index < -0.39 is 11.6 Å². The Bertz CT molecular complexity index is 1030. The molecule has 4 aromatic rings. The maximum absolute atomic E-state index is 13.6. The molecule has 23 heavy (non-hydrogen) atoms. The smallest absolute Gasteiger partial charge is 0.304 e. The SMILES string of the molecule is OCc1ccc2oc(Nc3nc4cc(F)cc(F)c4o3)nc2c1. The molecule has 2 N–H and O–H groups in total. The molecular formula is C15H9F2N3O3. The van der Waals surface area contributed by atoms with Gasteiger partial charge in [0.2, 0.25) is 0 Å². The predicted octanol–water partition coefficient (Wildman–Crippen LogP) is 3.48. The molecule has 0 fully saturated rings. The van der Waals surface area contributed by atoms with Gasteiger partial charge in [0.05, 0.1) is 6.61 Å². The monoisotopic (exact) mass is 317 g/mol. The van der Waals surface area contributed by atoms with Crippen molar-refractivity contribution in [2.75, 3.05) is 5.32 Å². The number of hydrogen-bond donors (Lipinski definition) is 2. The highest BCUT2D eigenvalue weighted by Crippen LogP contribution is 2.27. The van der Waals surface area contributed by atoms with Gasteiger partial charge in [-0.1, -0.05) is 6.07 Å². The highest BCUT2D eigenvalue weighted by molar-refractivity contribution is 5.77. The van der Waals surface area contributed by atoms with E-state index in [1.807, 2.05) is 0 Å². The molecule has 4 rings (SSSR count). The molecule has 0 saturated heterocycles. The summed E-state index contributed by atoms with van der Waals surface area (Å²) in [6.45, 7) is -0.110. The van der Waals surface area contributed by atoms with Gasteiger partial charge in [0, 0.05) is 12.1 Å². The van der Waals surface area contributed by atoms with E-state index in [4.69, 9.17) is 13.9 Å². The van der Waals surface area contributed by atoms with Crippen LogP contribution < -0.4 is 5.32 Å². The fraction of sp³-hybridized carbons (Fsp3) is 0.0667. The fourth-order valence-corrected chi connectivity index (χ4v) is 2.23. The number of halogens is 2. The molecule has 0 aliphatic heterocycles. The van der Waals surface area contributed by atoms with E-state index in [0.717, 1.165) is 6.07 Å². The van der Waals surface area contributed by atoms with E-state index in [-0.39, 0.29) is 29.7 Å². The van der Waals surface area contributed by atoms with E-state index in [1.165, 1.54) is 0 Å². The van der Waals surface area contributed by atoms with Crippen LogP contribution in [0, 0.1) is 11.6 Å². The Hall–Kier alpha value is -3.00. The van der Waals surface area contributed by atoms with E-state index in [2.05, 4.69) is 15.3 Å². The van der Waals surface area contributed by atoms with Crippen LogP contribution in [-0.2, 0) is 6.61 Å². The predicted molar refractivity (Wildman–Crippen MR) is 77.1 cm³/mol. The zero-order valence-corrected chi connectivity index (χ0v) is 11.5. The Labute approximate surface area is 127 Å². The minimum absolute atomic E-state index is 0.0451.